The Balaban J connectivity index is 1.76. The Kier molecular flexibility index (Phi) is 8.48. The lowest BCUT2D eigenvalue weighted by atomic mass is 10.1. The first-order valence-electron chi connectivity index (χ1n) is 11.4. The summed E-state index contributed by atoms with van der Waals surface area (Å²) >= 11 is 6.91. The van der Waals surface area contributed by atoms with E-state index in [0.29, 0.717) is 54.9 Å². The zero-order valence-electron chi connectivity index (χ0n) is 21.0. The molecule has 4 rings (SSSR count). The third-order valence-corrected chi connectivity index (χ3v) is 6.63. The molecule has 0 unspecified atom stereocenters. The van der Waals surface area contributed by atoms with E-state index in [0.717, 1.165) is 0 Å². The number of aryl methyl sites for hydroxylation is 1. The van der Waals surface area contributed by atoms with Gasteiger partial charge in [0.1, 0.15) is 5.82 Å². The Labute approximate surface area is 235 Å². The van der Waals surface area contributed by atoms with Gasteiger partial charge in [0.15, 0.2) is 17.2 Å². The molecule has 0 aliphatic carbocycles. The highest BCUT2D eigenvalue weighted by Gasteiger charge is 2.21. The third kappa shape index (κ3) is 5.44. The second-order valence-corrected chi connectivity index (χ2v) is 9.64. The second-order valence-electron chi connectivity index (χ2n) is 7.87. The van der Waals surface area contributed by atoms with Crippen LogP contribution >= 0.6 is 31.9 Å². The van der Waals surface area contributed by atoms with E-state index < -0.39 is 5.97 Å². The van der Waals surface area contributed by atoms with Gasteiger partial charge in [0.2, 0.25) is 5.75 Å². The summed E-state index contributed by atoms with van der Waals surface area (Å²) in [6.07, 6.45) is 1.94. The number of hydrogen-bond acceptors (Lipinski definition) is 8. The van der Waals surface area contributed by atoms with Crippen molar-refractivity contribution in [3.8, 4) is 23.0 Å². The highest BCUT2D eigenvalue weighted by molar-refractivity contribution is 9.11. The van der Waals surface area contributed by atoms with Crippen molar-refractivity contribution in [3.63, 3.8) is 0 Å². The number of benzene rings is 3. The molecule has 1 heterocycles. The lowest BCUT2D eigenvalue weighted by Gasteiger charge is -2.15. The van der Waals surface area contributed by atoms with E-state index in [1.165, 1.54) is 44.4 Å². The van der Waals surface area contributed by atoms with Gasteiger partial charge in [-0.1, -0.05) is 35.0 Å². The SMILES string of the molecule is CCc1nc2ccccc2c(=O)n1N=Cc1cc(Br)cc(Br)c1OC(=O)c1cc(OC)c(OC)c(OC)c1. The number of carbonyl (C=O) groups excluding carboxylic acids is 1. The Bertz CT molecular complexity index is 1590. The van der Waals surface area contributed by atoms with Crippen molar-refractivity contribution in [3.05, 3.63) is 84.8 Å². The van der Waals surface area contributed by atoms with Crippen LogP contribution in [-0.2, 0) is 6.42 Å². The van der Waals surface area contributed by atoms with Gasteiger partial charge in [-0.3, -0.25) is 4.79 Å². The summed E-state index contributed by atoms with van der Waals surface area (Å²) in [5.74, 6) is 1.01. The molecule has 4 aromatic rings. The van der Waals surface area contributed by atoms with E-state index in [9.17, 15) is 9.59 Å². The number of halogens is 2. The van der Waals surface area contributed by atoms with E-state index in [4.69, 9.17) is 18.9 Å². The van der Waals surface area contributed by atoms with Crippen LogP contribution in [0, 0.1) is 0 Å². The molecular formula is C27H23Br2N3O6. The number of ether oxygens (including phenoxy) is 4. The molecule has 0 amide bonds. The number of fused-ring (bicyclic) bond motifs is 1. The molecule has 0 N–H and O–H groups in total. The summed E-state index contributed by atoms with van der Waals surface area (Å²) < 4.78 is 24.3. The quantitative estimate of drug-likeness (QED) is 0.140. The van der Waals surface area contributed by atoms with E-state index in [1.54, 1.807) is 30.3 Å². The van der Waals surface area contributed by atoms with Crippen LogP contribution in [0.1, 0.15) is 28.7 Å². The van der Waals surface area contributed by atoms with Gasteiger partial charge in [-0.15, -0.1) is 0 Å². The molecular weight excluding hydrogens is 622 g/mol. The number of carbonyl (C=O) groups is 1. The largest absolute Gasteiger partial charge is 0.493 e. The molecule has 0 spiro atoms. The topological polar surface area (TPSA) is 101 Å². The molecule has 0 aliphatic heterocycles. The number of nitrogens with zero attached hydrogens (tertiary/aromatic N) is 3. The number of rotatable bonds is 8. The summed E-state index contributed by atoms with van der Waals surface area (Å²) in [5, 5.41) is 4.87. The van der Waals surface area contributed by atoms with Gasteiger partial charge < -0.3 is 18.9 Å². The van der Waals surface area contributed by atoms with Gasteiger partial charge in [0.25, 0.3) is 5.56 Å². The number of hydrogen-bond donors (Lipinski definition) is 0. The zero-order valence-corrected chi connectivity index (χ0v) is 24.1. The normalized spacial score (nSPS) is 11.1. The van der Waals surface area contributed by atoms with Gasteiger partial charge in [0.05, 0.1) is 48.5 Å². The van der Waals surface area contributed by atoms with Crippen molar-refractivity contribution in [2.45, 2.75) is 13.3 Å². The monoisotopic (exact) mass is 643 g/mol. The highest BCUT2D eigenvalue weighted by Crippen LogP contribution is 2.39. The van der Waals surface area contributed by atoms with Crippen molar-refractivity contribution in [1.82, 2.24) is 9.66 Å². The van der Waals surface area contributed by atoms with E-state index in [-0.39, 0.29) is 16.9 Å². The van der Waals surface area contributed by atoms with Crippen LogP contribution in [0.3, 0.4) is 0 Å². The predicted octanol–water partition coefficient (Wildman–Crippen LogP) is 5.61. The van der Waals surface area contributed by atoms with Crippen molar-refractivity contribution >= 4 is 54.9 Å². The molecule has 0 saturated carbocycles. The maximum absolute atomic E-state index is 13.2. The standard InChI is InChI=1S/C27H23Br2N3O6/c1-5-23-31-20-9-7-6-8-18(20)26(33)32(23)30-14-16-10-17(28)13-19(29)24(16)38-27(34)15-11-21(35-2)25(37-4)22(12-15)36-3/h6-14H,5H2,1-4H3. The van der Waals surface area contributed by atoms with Gasteiger partial charge >= 0.3 is 5.97 Å². The van der Waals surface area contributed by atoms with Crippen LogP contribution in [0.5, 0.6) is 23.0 Å². The Hall–Kier alpha value is -3.70. The van der Waals surface area contributed by atoms with Crippen LogP contribution in [0.25, 0.3) is 10.9 Å². The number of esters is 1. The first kappa shape index (κ1) is 27.3. The molecule has 196 valence electrons. The summed E-state index contributed by atoms with van der Waals surface area (Å²) in [7, 11) is 4.39. The number of methoxy groups -OCH3 is 3. The lowest BCUT2D eigenvalue weighted by Crippen LogP contribution is -2.22. The van der Waals surface area contributed by atoms with Gasteiger partial charge in [-0.2, -0.15) is 9.78 Å². The minimum atomic E-state index is -0.666. The van der Waals surface area contributed by atoms with E-state index in [2.05, 4.69) is 41.9 Å². The smallest absolute Gasteiger partial charge is 0.343 e. The van der Waals surface area contributed by atoms with Crippen molar-refractivity contribution < 1.29 is 23.7 Å². The molecule has 3 aromatic carbocycles. The minimum Gasteiger partial charge on any atom is -0.493 e. The molecule has 0 saturated heterocycles. The van der Waals surface area contributed by atoms with Crippen molar-refractivity contribution in [1.29, 1.82) is 0 Å². The molecule has 9 nitrogen and oxygen atoms in total. The first-order valence-corrected chi connectivity index (χ1v) is 13.0. The van der Waals surface area contributed by atoms with Crippen LogP contribution in [0.4, 0.5) is 0 Å². The molecule has 11 heteroatoms. The number of para-hydroxylation sites is 1. The molecule has 0 aliphatic rings. The fraction of sp³-hybridized carbons (Fsp3) is 0.185. The number of aromatic nitrogens is 2. The molecule has 0 bridgehead atoms. The molecule has 38 heavy (non-hydrogen) atoms. The van der Waals surface area contributed by atoms with Crippen molar-refractivity contribution in [2.24, 2.45) is 5.10 Å². The Morgan fingerprint density at radius 1 is 1.00 bits per heavy atom. The van der Waals surface area contributed by atoms with Gasteiger partial charge in [-0.05, 0) is 52.3 Å². The van der Waals surface area contributed by atoms with E-state index in [1.807, 2.05) is 13.0 Å². The van der Waals surface area contributed by atoms with Crippen LogP contribution < -0.4 is 24.5 Å². The molecule has 1 aromatic heterocycles. The zero-order chi connectivity index (χ0) is 27.4. The molecule has 0 atom stereocenters. The maximum atomic E-state index is 13.2. The van der Waals surface area contributed by atoms with Gasteiger partial charge in [-0.25, -0.2) is 9.78 Å². The summed E-state index contributed by atoms with van der Waals surface area (Å²) in [4.78, 5) is 30.9. The Morgan fingerprint density at radius 3 is 2.32 bits per heavy atom. The lowest BCUT2D eigenvalue weighted by molar-refractivity contribution is 0.0732. The maximum Gasteiger partial charge on any atom is 0.343 e. The van der Waals surface area contributed by atoms with Crippen LogP contribution in [-0.4, -0.2) is 43.2 Å². The fourth-order valence-corrected chi connectivity index (χ4v) is 5.11. The van der Waals surface area contributed by atoms with Crippen molar-refractivity contribution in [2.75, 3.05) is 21.3 Å². The van der Waals surface area contributed by atoms with E-state index >= 15 is 0 Å². The highest BCUT2D eigenvalue weighted by atomic mass is 79.9. The molecule has 0 radical (unpaired) electrons. The summed E-state index contributed by atoms with van der Waals surface area (Å²) in [5.41, 5.74) is 0.925. The third-order valence-electron chi connectivity index (χ3n) is 5.58. The average Bonchev–Trinajstić information content (AvgIpc) is 2.92. The van der Waals surface area contributed by atoms with Gasteiger partial charge in [0, 0.05) is 16.5 Å². The minimum absolute atomic E-state index is 0.181. The second kappa shape index (κ2) is 11.8. The fourth-order valence-electron chi connectivity index (χ4n) is 3.77. The summed E-state index contributed by atoms with van der Waals surface area (Å²) in [6, 6.07) is 13.5. The van der Waals surface area contributed by atoms with Crippen LogP contribution in [0.15, 0.2) is 67.4 Å². The summed E-state index contributed by atoms with van der Waals surface area (Å²) in [6.45, 7) is 1.89. The Morgan fingerprint density at radius 2 is 1.68 bits per heavy atom. The molecule has 0 fully saturated rings. The predicted molar refractivity (Wildman–Crippen MR) is 151 cm³/mol. The van der Waals surface area contributed by atoms with Crippen LogP contribution in [0.2, 0.25) is 0 Å². The average molecular weight is 645 g/mol. The first-order chi connectivity index (χ1) is 18.3.